The predicted molar refractivity (Wildman–Crippen MR) is 49.1 cm³/mol. The second-order valence-corrected chi connectivity index (χ2v) is 2.92. The van der Waals surface area contributed by atoms with Crippen molar-refractivity contribution in [3.05, 3.63) is 36.3 Å². The lowest BCUT2D eigenvalue weighted by atomic mass is 10.3. The third kappa shape index (κ3) is 1.88. The first-order valence-electron chi connectivity index (χ1n) is 4.20. The van der Waals surface area contributed by atoms with Gasteiger partial charge in [-0.2, -0.15) is 5.10 Å². The molecule has 0 atom stereocenters. The Hall–Kier alpha value is -2.11. The minimum atomic E-state index is -0.451. The summed E-state index contributed by atoms with van der Waals surface area (Å²) < 4.78 is 13.9. The van der Waals surface area contributed by atoms with Gasteiger partial charge in [-0.25, -0.2) is 19.0 Å². The van der Waals surface area contributed by atoms with Crippen molar-refractivity contribution in [2.24, 2.45) is 0 Å². The third-order valence-electron chi connectivity index (χ3n) is 1.78. The highest BCUT2D eigenvalue weighted by Gasteiger charge is 2.04. The summed E-state index contributed by atoms with van der Waals surface area (Å²) in [6.07, 6.45) is 4.94. The summed E-state index contributed by atoms with van der Waals surface area (Å²) >= 11 is 0. The van der Waals surface area contributed by atoms with Crippen molar-refractivity contribution in [1.82, 2.24) is 19.7 Å². The molecular formula is C9H7FN4O. The maximum Gasteiger partial charge on any atom is 0.179 e. The first-order chi connectivity index (χ1) is 7.16. The van der Waals surface area contributed by atoms with Crippen LogP contribution in [-0.2, 0) is 0 Å². The average Bonchev–Trinajstić information content (AvgIpc) is 2.65. The normalized spacial score (nSPS) is 10.3. The van der Waals surface area contributed by atoms with Crippen LogP contribution in [0.2, 0.25) is 0 Å². The second kappa shape index (κ2) is 3.56. The molecule has 0 aliphatic rings. The topological polar surface area (TPSA) is 60.7 Å². The highest BCUT2D eigenvalue weighted by Crippen LogP contribution is 2.03. The number of hydrogen-bond acceptors (Lipinski definition) is 4. The van der Waals surface area contributed by atoms with Crippen molar-refractivity contribution in [1.29, 1.82) is 0 Å². The summed E-state index contributed by atoms with van der Waals surface area (Å²) in [5.41, 5.74) is 0.270. The van der Waals surface area contributed by atoms with E-state index in [-0.39, 0.29) is 11.5 Å². The van der Waals surface area contributed by atoms with Gasteiger partial charge in [0.05, 0.1) is 24.8 Å². The van der Waals surface area contributed by atoms with Crippen molar-refractivity contribution in [3.8, 4) is 5.82 Å². The van der Waals surface area contributed by atoms with Crippen molar-refractivity contribution >= 4 is 5.78 Å². The van der Waals surface area contributed by atoms with Gasteiger partial charge in [-0.15, -0.1) is 0 Å². The maximum atomic E-state index is 12.6. The van der Waals surface area contributed by atoms with Gasteiger partial charge in [0, 0.05) is 6.92 Å². The van der Waals surface area contributed by atoms with Gasteiger partial charge in [0.15, 0.2) is 17.4 Å². The Morgan fingerprint density at radius 3 is 2.60 bits per heavy atom. The molecule has 0 aromatic carbocycles. The van der Waals surface area contributed by atoms with Gasteiger partial charge in [-0.1, -0.05) is 0 Å². The van der Waals surface area contributed by atoms with Crippen LogP contribution in [0.3, 0.4) is 0 Å². The lowest BCUT2D eigenvalue weighted by molar-refractivity contribution is 0.101. The summed E-state index contributed by atoms with van der Waals surface area (Å²) in [5, 5.41) is 3.71. The molecule has 0 spiro atoms. The number of aromatic nitrogens is 4. The van der Waals surface area contributed by atoms with E-state index in [1.54, 1.807) is 0 Å². The van der Waals surface area contributed by atoms with Gasteiger partial charge < -0.3 is 0 Å². The Morgan fingerprint density at radius 1 is 1.33 bits per heavy atom. The molecule has 0 unspecified atom stereocenters. The summed E-state index contributed by atoms with van der Waals surface area (Å²) in [7, 11) is 0. The minimum absolute atomic E-state index is 0.166. The first kappa shape index (κ1) is 9.45. The van der Waals surface area contributed by atoms with E-state index in [4.69, 9.17) is 0 Å². The minimum Gasteiger partial charge on any atom is -0.293 e. The Labute approximate surface area is 84.6 Å². The van der Waals surface area contributed by atoms with Crippen LogP contribution in [0.5, 0.6) is 0 Å². The second-order valence-electron chi connectivity index (χ2n) is 2.92. The number of nitrogens with zero attached hydrogens (tertiary/aromatic N) is 4. The highest BCUT2D eigenvalue weighted by atomic mass is 19.1. The van der Waals surface area contributed by atoms with E-state index >= 15 is 0 Å². The zero-order valence-corrected chi connectivity index (χ0v) is 7.88. The molecule has 2 aromatic heterocycles. The third-order valence-corrected chi connectivity index (χ3v) is 1.78. The van der Waals surface area contributed by atoms with Crippen LogP contribution in [0.1, 0.15) is 17.4 Å². The van der Waals surface area contributed by atoms with E-state index < -0.39 is 5.82 Å². The fourth-order valence-electron chi connectivity index (χ4n) is 1.05. The average molecular weight is 206 g/mol. The summed E-state index contributed by atoms with van der Waals surface area (Å²) in [6, 6.07) is 0. The molecule has 0 saturated carbocycles. The number of carbonyl (C=O) groups excluding carboxylic acids is 1. The number of ketones is 1. The molecular weight excluding hydrogens is 199 g/mol. The monoisotopic (exact) mass is 206 g/mol. The van der Waals surface area contributed by atoms with Gasteiger partial charge in [-0.05, 0) is 0 Å². The smallest absolute Gasteiger partial charge is 0.179 e. The summed E-state index contributed by atoms with van der Waals surface area (Å²) in [6.45, 7) is 1.40. The van der Waals surface area contributed by atoms with Crippen LogP contribution < -0.4 is 0 Å². The first-order valence-corrected chi connectivity index (χ1v) is 4.20. The number of hydrogen-bond donors (Lipinski definition) is 0. The Bertz CT molecular complexity index is 491. The molecule has 0 amide bonds. The largest absolute Gasteiger partial charge is 0.293 e. The quantitative estimate of drug-likeness (QED) is 0.688. The van der Waals surface area contributed by atoms with Crippen LogP contribution >= 0.6 is 0 Å². The molecule has 76 valence electrons. The summed E-state index contributed by atoms with van der Waals surface area (Å²) in [5.74, 6) is -0.253. The van der Waals surface area contributed by atoms with E-state index in [2.05, 4.69) is 15.1 Å². The van der Waals surface area contributed by atoms with Gasteiger partial charge in [0.1, 0.15) is 5.69 Å². The molecule has 0 aliphatic carbocycles. The zero-order valence-electron chi connectivity index (χ0n) is 7.88. The molecule has 15 heavy (non-hydrogen) atoms. The SMILES string of the molecule is CC(=O)c1cnc(-n2cc(F)cn2)cn1. The van der Waals surface area contributed by atoms with E-state index in [0.29, 0.717) is 5.82 Å². The highest BCUT2D eigenvalue weighted by molar-refractivity contribution is 5.91. The fourth-order valence-corrected chi connectivity index (χ4v) is 1.05. The number of carbonyl (C=O) groups is 1. The van der Waals surface area contributed by atoms with Crippen molar-refractivity contribution < 1.29 is 9.18 Å². The van der Waals surface area contributed by atoms with Gasteiger partial charge in [0.25, 0.3) is 0 Å². The van der Waals surface area contributed by atoms with Gasteiger partial charge in [0.2, 0.25) is 0 Å². The molecule has 6 heteroatoms. The van der Waals surface area contributed by atoms with Crippen LogP contribution in [0, 0.1) is 5.82 Å². The molecule has 0 aliphatic heterocycles. The van der Waals surface area contributed by atoms with Crippen molar-refractivity contribution in [2.75, 3.05) is 0 Å². The molecule has 2 heterocycles. The number of halogens is 1. The fraction of sp³-hybridized carbons (Fsp3) is 0.111. The van der Waals surface area contributed by atoms with E-state index in [0.717, 1.165) is 6.20 Å². The Morgan fingerprint density at radius 2 is 2.13 bits per heavy atom. The van der Waals surface area contributed by atoms with Crippen LogP contribution in [0.15, 0.2) is 24.8 Å². The van der Waals surface area contributed by atoms with Crippen molar-refractivity contribution in [3.63, 3.8) is 0 Å². The maximum absolute atomic E-state index is 12.6. The molecule has 2 rings (SSSR count). The number of rotatable bonds is 2. The van der Waals surface area contributed by atoms with Gasteiger partial charge in [-0.3, -0.25) is 4.79 Å². The lowest BCUT2D eigenvalue weighted by Crippen LogP contribution is -2.03. The zero-order chi connectivity index (χ0) is 10.8. The van der Waals surface area contributed by atoms with E-state index in [1.165, 1.54) is 30.2 Å². The Balaban J connectivity index is 2.35. The van der Waals surface area contributed by atoms with Crippen molar-refractivity contribution in [2.45, 2.75) is 6.92 Å². The summed E-state index contributed by atoms with van der Waals surface area (Å²) in [4.78, 5) is 18.7. The Kier molecular flexibility index (Phi) is 2.24. The molecule has 5 nitrogen and oxygen atoms in total. The lowest BCUT2D eigenvalue weighted by Gasteiger charge is -1.99. The molecule has 0 fully saturated rings. The van der Waals surface area contributed by atoms with Crippen LogP contribution in [-0.4, -0.2) is 25.5 Å². The molecule has 0 N–H and O–H groups in total. The van der Waals surface area contributed by atoms with E-state index in [1.807, 2.05) is 0 Å². The molecule has 0 saturated heterocycles. The van der Waals surface area contributed by atoms with Gasteiger partial charge >= 0.3 is 0 Å². The number of Topliss-reactive ketones (excluding diaryl/α,β-unsaturated/α-hetero) is 1. The van der Waals surface area contributed by atoms with Crippen LogP contribution in [0.4, 0.5) is 4.39 Å². The predicted octanol–water partition coefficient (Wildman–Crippen LogP) is 1.00. The standard InChI is InChI=1S/C9H7FN4O/c1-6(15)8-3-12-9(4-11-8)14-5-7(10)2-13-14/h2-5H,1H3. The molecule has 2 aromatic rings. The molecule has 0 radical (unpaired) electrons. The molecule has 0 bridgehead atoms. The van der Waals surface area contributed by atoms with E-state index in [9.17, 15) is 9.18 Å². The van der Waals surface area contributed by atoms with Crippen LogP contribution in [0.25, 0.3) is 5.82 Å².